The molecule has 0 bridgehead atoms. The Balaban J connectivity index is 1.65. The fraction of sp³-hybridized carbons (Fsp3) is 0.0455. The molecule has 148 valence electrons. The van der Waals surface area contributed by atoms with Gasteiger partial charge < -0.3 is 10.4 Å². The van der Waals surface area contributed by atoms with Crippen LogP contribution in [0.1, 0.15) is 11.4 Å². The van der Waals surface area contributed by atoms with E-state index in [1.54, 1.807) is 42.7 Å². The first kappa shape index (κ1) is 19.4. The third-order valence-electron chi connectivity index (χ3n) is 4.26. The third-order valence-corrected chi connectivity index (χ3v) is 5.39. The normalized spacial score (nSPS) is 11.0. The van der Waals surface area contributed by atoms with Crippen LogP contribution in [0.5, 0.6) is 5.75 Å². The molecule has 0 saturated heterocycles. The molecule has 0 unspecified atom stereocenters. The van der Waals surface area contributed by atoms with E-state index in [-0.39, 0.29) is 10.6 Å². The molecular weight excluding hydrogens is 400 g/mol. The van der Waals surface area contributed by atoms with Crippen molar-refractivity contribution in [2.75, 3.05) is 11.6 Å². The lowest BCUT2D eigenvalue weighted by Crippen LogP contribution is -1.98. The van der Waals surface area contributed by atoms with Crippen molar-refractivity contribution in [3.63, 3.8) is 0 Å². The summed E-state index contributed by atoms with van der Waals surface area (Å²) in [5.74, 6) is 6.60. The highest BCUT2D eigenvalue weighted by molar-refractivity contribution is 7.90. The van der Waals surface area contributed by atoms with Crippen LogP contribution >= 0.6 is 0 Å². The number of hydrogen-bond acceptors (Lipinski definition) is 7. The van der Waals surface area contributed by atoms with Crippen molar-refractivity contribution in [2.45, 2.75) is 4.90 Å². The molecule has 3 aromatic heterocycles. The Labute approximate surface area is 173 Å². The van der Waals surface area contributed by atoms with Crippen LogP contribution in [0.15, 0.2) is 72.0 Å². The topological polar surface area (TPSA) is 105 Å². The van der Waals surface area contributed by atoms with Crippen LogP contribution in [0.2, 0.25) is 0 Å². The summed E-state index contributed by atoms with van der Waals surface area (Å²) in [6.07, 6.45) is 5.88. The number of benzene rings is 1. The molecule has 1 aromatic carbocycles. The lowest BCUT2D eigenvalue weighted by Gasteiger charge is -2.08. The maximum Gasteiger partial charge on any atom is 0.175 e. The Hall–Kier alpha value is -3.96. The summed E-state index contributed by atoms with van der Waals surface area (Å²) in [6, 6.07) is 13.3. The first-order chi connectivity index (χ1) is 14.4. The molecule has 7 nitrogen and oxygen atoms in total. The summed E-state index contributed by atoms with van der Waals surface area (Å²) in [7, 11) is -3.24. The first-order valence-corrected chi connectivity index (χ1v) is 10.8. The van der Waals surface area contributed by atoms with E-state index in [1.807, 2.05) is 12.1 Å². The minimum absolute atomic E-state index is 0.0789. The molecule has 0 amide bonds. The first-order valence-electron chi connectivity index (χ1n) is 8.87. The Bertz CT molecular complexity index is 1390. The summed E-state index contributed by atoms with van der Waals surface area (Å²) < 4.78 is 23.2. The molecule has 0 fully saturated rings. The van der Waals surface area contributed by atoms with Gasteiger partial charge in [0.05, 0.1) is 11.1 Å². The van der Waals surface area contributed by atoms with Crippen LogP contribution in [0, 0.1) is 11.8 Å². The van der Waals surface area contributed by atoms with Crippen LogP contribution in [-0.4, -0.2) is 34.7 Å². The fourth-order valence-corrected chi connectivity index (χ4v) is 3.38. The lowest BCUT2D eigenvalue weighted by molar-refractivity contribution is 0.472. The number of anilines is 2. The monoisotopic (exact) mass is 416 g/mol. The third kappa shape index (κ3) is 4.37. The van der Waals surface area contributed by atoms with E-state index in [2.05, 4.69) is 32.1 Å². The number of aromatic hydroxyl groups is 1. The van der Waals surface area contributed by atoms with Crippen LogP contribution in [0.25, 0.3) is 10.8 Å². The number of nitrogens with zero attached hydrogens (tertiary/aromatic N) is 3. The van der Waals surface area contributed by atoms with Gasteiger partial charge in [-0.05, 0) is 60.4 Å². The van der Waals surface area contributed by atoms with Gasteiger partial charge in [-0.3, -0.25) is 0 Å². The summed E-state index contributed by atoms with van der Waals surface area (Å²) in [4.78, 5) is 13.1. The van der Waals surface area contributed by atoms with Crippen LogP contribution in [0.3, 0.4) is 0 Å². The Morgan fingerprint density at radius 1 is 0.933 bits per heavy atom. The van der Waals surface area contributed by atoms with E-state index < -0.39 is 9.84 Å². The van der Waals surface area contributed by atoms with Gasteiger partial charge in [-0.2, -0.15) is 0 Å². The number of aromatic nitrogens is 3. The molecule has 0 radical (unpaired) electrons. The van der Waals surface area contributed by atoms with E-state index >= 15 is 0 Å². The number of sulfone groups is 1. The van der Waals surface area contributed by atoms with Gasteiger partial charge in [0.2, 0.25) is 0 Å². The second-order valence-corrected chi connectivity index (χ2v) is 8.54. The van der Waals surface area contributed by atoms with Crippen molar-refractivity contribution >= 4 is 32.1 Å². The maximum atomic E-state index is 11.6. The number of nitrogens with one attached hydrogen (secondary N) is 1. The van der Waals surface area contributed by atoms with E-state index in [1.165, 1.54) is 18.5 Å². The molecule has 2 N–H and O–H groups in total. The summed E-state index contributed by atoms with van der Waals surface area (Å²) in [6.45, 7) is 0. The average molecular weight is 416 g/mol. The SMILES string of the molecule is CS(=O)(=O)c1ccc(Nc2cc3c(C#Cc4ccc(O)cn4)nccc3cn2)cc1. The molecule has 3 heterocycles. The van der Waals surface area contributed by atoms with Gasteiger partial charge in [-0.25, -0.2) is 23.4 Å². The Morgan fingerprint density at radius 3 is 2.43 bits per heavy atom. The van der Waals surface area contributed by atoms with Crippen LogP contribution < -0.4 is 5.32 Å². The van der Waals surface area contributed by atoms with Gasteiger partial charge in [-0.15, -0.1) is 0 Å². The van der Waals surface area contributed by atoms with Crippen molar-refractivity contribution < 1.29 is 13.5 Å². The van der Waals surface area contributed by atoms with Crippen molar-refractivity contribution in [3.05, 3.63) is 78.5 Å². The molecule has 0 aliphatic rings. The minimum atomic E-state index is -3.24. The molecular formula is C22H16N4O3S. The van der Waals surface area contributed by atoms with Gasteiger partial charge in [0.25, 0.3) is 0 Å². The number of fused-ring (bicyclic) bond motifs is 1. The Kier molecular flexibility index (Phi) is 5.04. The lowest BCUT2D eigenvalue weighted by atomic mass is 10.1. The summed E-state index contributed by atoms with van der Waals surface area (Å²) >= 11 is 0. The summed E-state index contributed by atoms with van der Waals surface area (Å²) in [5.41, 5.74) is 1.80. The average Bonchev–Trinajstić information content (AvgIpc) is 2.73. The van der Waals surface area contributed by atoms with Crippen LogP contribution in [0.4, 0.5) is 11.5 Å². The molecule has 8 heteroatoms. The second kappa shape index (κ2) is 7.81. The van der Waals surface area contributed by atoms with Gasteiger partial charge in [0, 0.05) is 35.1 Å². The number of hydrogen-bond donors (Lipinski definition) is 2. The largest absolute Gasteiger partial charge is 0.506 e. The van der Waals surface area contributed by atoms with Crippen molar-refractivity contribution in [3.8, 4) is 17.6 Å². The van der Waals surface area contributed by atoms with Gasteiger partial charge in [-0.1, -0.05) is 0 Å². The molecule has 0 saturated carbocycles. The predicted octanol–water partition coefficient (Wildman–Crippen LogP) is 3.28. The zero-order chi connectivity index (χ0) is 21.1. The highest BCUT2D eigenvalue weighted by atomic mass is 32.2. The number of rotatable bonds is 3. The smallest absolute Gasteiger partial charge is 0.175 e. The highest BCUT2D eigenvalue weighted by Crippen LogP contribution is 2.22. The zero-order valence-electron chi connectivity index (χ0n) is 15.9. The Morgan fingerprint density at radius 2 is 1.73 bits per heavy atom. The van der Waals surface area contributed by atoms with Crippen LogP contribution in [-0.2, 0) is 9.84 Å². The molecule has 0 spiro atoms. The molecule has 4 aromatic rings. The molecule has 30 heavy (non-hydrogen) atoms. The minimum Gasteiger partial charge on any atom is -0.506 e. The van der Waals surface area contributed by atoms with Gasteiger partial charge >= 0.3 is 0 Å². The molecule has 0 aliphatic carbocycles. The van der Waals surface area contributed by atoms with E-state index in [0.29, 0.717) is 22.9 Å². The maximum absolute atomic E-state index is 11.6. The molecule has 4 rings (SSSR count). The summed E-state index contributed by atoms with van der Waals surface area (Å²) in [5, 5.41) is 14.2. The fourth-order valence-electron chi connectivity index (χ4n) is 2.75. The quantitative estimate of drug-likeness (QED) is 0.494. The zero-order valence-corrected chi connectivity index (χ0v) is 16.7. The van der Waals surface area contributed by atoms with Crippen molar-refractivity contribution in [1.29, 1.82) is 0 Å². The predicted molar refractivity (Wildman–Crippen MR) is 114 cm³/mol. The van der Waals surface area contributed by atoms with Gasteiger partial charge in [0.15, 0.2) is 9.84 Å². The second-order valence-electron chi connectivity index (χ2n) is 6.52. The molecule has 0 atom stereocenters. The van der Waals surface area contributed by atoms with Crippen molar-refractivity contribution in [2.24, 2.45) is 0 Å². The standard InChI is InChI=1S/C22H16N4O3S/c1-30(28,29)19-7-3-17(4-8-19)26-22-12-20-15(13-25-22)10-11-23-21(20)9-5-16-2-6-18(27)14-24-16/h2-4,6-8,10-14,27H,1H3,(H,25,26). The van der Waals surface area contributed by atoms with E-state index in [0.717, 1.165) is 10.8 Å². The molecule has 0 aliphatic heterocycles. The number of pyridine rings is 3. The van der Waals surface area contributed by atoms with E-state index in [4.69, 9.17) is 0 Å². The van der Waals surface area contributed by atoms with E-state index in [9.17, 15) is 13.5 Å². The van der Waals surface area contributed by atoms with Gasteiger partial charge in [0.1, 0.15) is 23.0 Å². The highest BCUT2D eigenvalue weighted by Gasteiger charge is 2.07. The van der Waals surface area contributed by atoms with Crippen molar-refractivity contribution in [1.82, 2.24) is 15.0 Å².